The molecule has 1 unspecified atom stereocenters. The molecule has 1 saturated heterocycles. The molecule has 21 heavy (non-hydrogen) atoms. The maximum Gasteiger partial charge on any atom is 0.124 e. The summed E-state index contributed by atoms with van der Waals surface area (Å²) in [5.74, 6) is -0.213. The number of rotatable bonds is 3. The highest BCUT2D eigenvalue weighted by molar-refractivity contribution is 9.10. The van der Waals surface area contributed by atoms with Crippen molar-refractivity contribution in [2.75, 3.05) is 19.6 Å². The van der Waals surface area contributed by atoms with Crippen LogP contribution in [0.1, 0.15) is 17.2 Å². The van der Waals surface area contributed by atoms with Gasteiger partial charge >= 0.3 is 0 Å². The van der Waals surface area contributed by atoms with Crippen LogP contribution in [0, 0.1) is 5.82 Å². The molecule has 0 amide bonds. The van der Waals surface area contributed by atoms with Crippen LogP contribution < -0.4 is 5.32 Å². The molecule has 3 rings (SSSR count). The summed E-state index contributed by atoms with van der Waals surface area (Å²) in [4.78, 5) is 6.63. The van der Waals surface area contributed by atoms with Crippen LogP contribution >= 0.6 is 15.9 Å². The molecule has 5 heteroatoms. The average Bonchev–Trinajstić information content (AvgIpc) is 2.51. The van der Waals surface area contributed by atoms with Gasteiger partial charge in [0.25, 0.3) is 0 Å². The van der Waals surface area contributed by atoms with Gasteiger partial charge in [0.15, 0.2) is 0 Å². The van der Waals surface area contributed by atoms with Crippen LogP contribution in [-0.2, 0) is 6.54 Å². The standard InChI is InChI=1S/C16H17BrFN3/c17-15-8-14(18)4-3-13(15)11-21-7-6-20-10-16(21)12-2-1-5-19-9-12/h1-5,8-9,16,20H,6-7,10-11H2. The largest absolute Gasteiger partial charge is 0.314 e. The predicted molar refractivity (Wildman–Crippen MR) is 84.4 cm³/mol. The number of nitrogens with one attached hydrogen (secondary N) is 1. The van der Waals surface area contributed by atoms with Gasteiger partial charge in [-0.1, -0.05) is 28.1 Å². The summed E-state index contributed by atoms with van der Waals surface area (Å²) in [6.45, 7) is 3.63. The van der Waals surface area contributed by atoms with E-state index in [2.05, 4.69) is 37.2 Å². The van der Waals surface area contributed by atoms with Gasteiger partial charge in [0.05, 0.1) is 0 Å². The molecule has 0 bridgehead atoms. The predicted octanol–water partition coefficient (Wildman–Crippen LogP) is 3.13. The first-order chi connectivity index (χ1) is 10.2. The van der Waals surface area contributed by atoms with Crippen LogP contribution in [0.4, 0.5) is 4.39 Å². The molecule has 1 N–H and O–H groups in total. The Morgan fingerprint density at radius 3 is 3.05 bits per heavy atom. The molecule has 1 aromatic carbocycles. The quantitative estimate of drug-likeness (QED) is 0.922. The van der Waals surface area contributed by atoms with Crippen molar-refractivity contribution in [3.05, 3.63) is 64.1 Å². The smallest absolute Gasteiger partial charge is 0.124 e. The third-order valence-corrected chi connectivity index (χ3v) is 4.55. The fourth-order valence-electron chi connectivity index (χ4n) is 2.71. The number of hydrogen-bond donors (Lipinski definition) is 1. The molecule has 1 atom stereocenters. The van der Waals surface area contributed by atoms with Crippen LogP contribution in [0.25, 0.3) is 0 Å². The lowest BCUT2D eigenvalue weighted by Gasteiger charge is -2.36. The highest BCUT2D eigenvalue weighted by Gasteiger charge is 2.24. The molecule has 1 aliphatic rings. The zero-order valence-electron chi connectivity index (χ0n) is 11.6. The third kappa shape index (κ3) is 3.48. The van der Waals surface area contributed by atoms with Crippen molar-refractivity contribution in [2.45, 2.75) is 12.6 Å². The molecular formula is C16H17BrFN3. The van der Waals surface area contributed by atoms with Gasteiger partial charge in [-0.25, -0.2) is 4.39 Å². The summed E-state index contributed by atoms with van der Waals surface area (Å²) < 4.78 is 14.0. The zero-order valence-corrected chi connectivity index (χ0v) is 13.2. The second-order valence-corrected chi connectivity index (χ2v) is 6.07. The van der Waals surface area contributed by atoms with E-state index < -0.39 is 0 Å². The number of benzene rings is 1. The molecule has 2 aromatic rings. The number of aromatic nitrogens is 1. The summed E-state index contributed by atoms with van der Waals surface area (Å²) in [6, 6.07) is 9.26. The Morgan fingerprint density at radius 1 is 1.38 bits per heavy atom. The minimum Gasteiger partial charge on any atom is -0.314 e. The number of nitrogens with zero attached hydrogens (tertiary/aromatic N) is 2. The molecule has 0 spiro atoms. The summed E-state index contributed by atoms with van der Waals surface area (Å²) in [5.41, 5.74) is 2.31. The Kier molecular flexibility index (Phi) is 4.63. The van der Waals surface area contributed by atoms with Crippen molar-refractivity contribution in [2.24, 2.45) is 0 Å². The van der Waals surface area contributed by atoms with E-state index in [1.807, 2.05) is 18.3 Å². The number of pyridine rings is 1. The summed E-state index contributed by atoms with van der Waals surface area (Å²) in [6.07, 6.45) is 3.71. The second-order valence-electron chi connectivity index (χ2n) is 5.21. The fraction of sp³-hybridized carbons (Fsp3) is 0.312. The Labute approximate surface area is 132 Å². The molecule has 110 valence electrons. The minimum absolute atomic E-state index is 0.213. The molecule has 1 fully saturated rings. The van der Waals surface area contributed by atoms with E-state index in [9.17, 15) is 4.39 Å². The van der Waals surface area contributed by atoms with E-state index in [1.165, 1.54) is 17.7 Å². The maximum absolute atomic E-state index is 13.2. The average molecular weight is 350 g/mol. The molecule has 0 aliphatic carbocycles. The lowest BCUT2D eigenvalue weighted by Crippen LogP contribution is -2.45. The minimum atomic E-state index is -0.213. The summed E-state index contributed by atoms with van der Waals surface area (Å²) in [7, 11) is 0. The normalized spacial score (nSPS) is 19.6. The van der Waals surface area contributed by atoms with Crippen molar-refractivity contribution >= 4 is 15.9 Å². The fourth-order valence-corrected chi connectivity index (χ4v) is 3.18. The number of piperazine rings is 1. The van der Waals surface area contributed by atoms with Gasteiger partial charge in [0, 0.05) is 49.1 Å². The lowest BCUT2D eigenvalue weighted by atomic mass is 10.0. The molecule has 1 aromatic heterocycles. The van der Waals surface area contributed by atoms with Gasteiger partial charge in [0.1, 0.15) is 5.82 Å². The van der Waals surface area contributed by atoms with Gasteiger partial charge in [-0.05, 0) is 29.3 Å². The van der Waals surface area contributed by atoms with Crippen LogP contribution in [0.5, 0.6) is 0 Å². The van der Waals surface area contributed by atoms with Gasteiger partial charge in [-0.2, -0.15) is 0 Å². The molecule has 3 nitrogen and oxygen atoms in total. The maximum atomic E-state index is 13.2. The first kappa shape index (κ1) is 14.6. The second kappa shape index (κ2) is 6.64. The van der Waals surface area contributed by atoms with Crippen molar-refractivity contribution in [3.63, 3.8) is 0 Å². The van der Waals surface area contributed by atoms with Gasteiger partial charge in [-0.3, -0.25) is 9.88 Å². The number of hydrogen-bond acceptors (Lipinski definition) is 3. The Balaban J connectivity index is 1.81. The Morgan fingerprint density at radius 2 is 2.29 bits per heavy atom. The van der Waals surface area contributed by atoms with Crippen LogP contribution in [0.2, 0.25) is 0 Å². The van der Waals surface area contributed by atoms with E-state index in [0.717, 1.165) is 36.2 Å². The van der Waals surface area contributed by atoms with E-state index in [-0.39, 0.29) is 5.82 Å². The van der Waals surface area contributed by atoms with Crippen molar-refractivity contribution < 1.29 is 4.39 Å². The highest BCUT2D eigenvalue weighted by Crippen LogP contribution is 2.26. The van der Waals surface area contributed by atoms with E-state index >= 15 is 0 Å². The van der Waals surface area contributed by atoms with E-state index in [0.29, 0.717) is 6.04 Å². The topological polar surface area (TPSA) is 28.2 Å². The molecule has 2 heterocycles. The van der Waals surface area contributed by atoms with Crippen molar-refractivity contribution in [3.8, 4) is 0 Å². The Bertz CT molecular complexity index is 606. The van der Waals surface area contributed by atoms with E-state index in [4.69, 9.17) is 0 Å². The molecule has 0 radical (unpaired) electrons. The first-order valence-corrected chi connectivity index (χ1v) is 7.82. The number of halogens is 2. The SMILES string of the molecule is Fc1ccc(CN2CCNCC2c2cccnc2)c(Br)c1. The lowest BCUT2D eigenvalue weighted by molar-refractivity contribution is 0.153. The summed E-state index contributed by atoms with van der Waals surface area (Å²) in [5, 5.41) is 3.43. The Hall–Kier alpha value is -1.30. The van der Waals surface area contributed by atoms with Gasteiger partial charge in [-0.15, -0.1) is 0 Å². The molecule has 0 saturated carbocycles. The van der Waals surface area contributed by atoms with Gasteiger partial charge < -0.3 is 5.32 Å². The third-order valence-electron chi connectivity index (χ3n) is 3.81. The van der Waals surface area contributed by atoms with Gasteiger partial charge in [0.2, 0.25) is 0 Å². The van der Waals surface area contributed by atoms with Crippen LogP contribution in [-0.4, -0.2) is 29.5 Å². The summed E-state index contributed by atoms with van der Waals surface area (Å²) >= 11 is 3.46. The first-order valence-electron chi connectivity index (χ1n) is 7.02. The highest BCUT2D eigenvalue weighted by atomic mass is 79.9. The van der Waals surface area contributed by atoms with Crippen molar-refractivity contribution in [1.29, 1.82) is 0 Å². The monoisotopic (exact) mass is 349 g/mol. The molecule has 1 aliphatic heterocycles. The zero-order chi connectivity index (χ0) is 14.7. The van der Waals surface area contributed by atoms with E-state index in [1.54, 1.807) is 6.20 Å². The van der Waals surface area contributed by atoms with Crippen LogP contribution in [0.15, 0.2) is 47.2 Å². The van der Waals surface area contributed by atoms with Crippen molar-refractivity contribution in [1.82, 2.24) is 15.2 Å². The van der Waals surface area contributed by atoms with Crippen LogP contribution in [0.3, 0.4) is 0 Å². The molecular weight excluding hydrogens is 333 g/mol.